The maximum Gasteiger partial charge on any atom is 0.306 e. The number of hydrogen-bond donors (Lipinski definition) is 0. The van der Waals surface area contributed by atoms with E-state index in [0.717, 1.165) is 57.8 Å². The second-order valence-corrected chi connectivity index (χ2v) is 17.4. The van der Waals surface area contributed by atoms with Gasteiger partial charge in [-0.05, 0) is 44.9 Å². The largest absolute Gasteiger partial charge is 0.462 e. The number of carbonyl (C=O) groups excluding carboxylic acids is 3. The van der Waals surface area contributed by atoms with Gasteiger partial charge in [0.1, 0.15) is 13.2 Å². The van der Waals surface area contributed by atoms with Crippen molar-refractivity contribution in [3.05, 3.63) is 12.2 Å². The number of carbonyl (C=O) groups is 3. The molecule has 0 saturated carbocycles. The van der Waals surface area contributed by atoms with Crippen LogP contribution in [0.25, 0.3) is 0 Å². The second-order valence-electron chi connectivity index (χ2n) is 17.4. The van der Waals surface area contributed by atoms with Crippen molar-refractivity contribution < 1.29 is 28.6 Å². The molecule has 0 fully saturated rings. The third-order valence-corrected chi connectivity index (χ3v) is 11.5. The van der Waals surface area contributed by atoms with Crippen LogP contribution in [-0.4, -0.2) is 37.2 Å². The van der Waals surface area contributed by atoms with Crippen LogP contribution >= 0.6 is 0 Å². The van der Waals surface area contributed by atoms with Crippen molar-refractivity contribution in [1.29, 1.82) is 0 Å². The molecule has 0 amide bonds. The normalized spacial score (nSPS) is 12.0. The van der Waals surface area contributed by atoms with Crippen LogP contribution in [-0.2, 0) is 28.6 Å². The molecular formula is C52H98O6. The number of rotatable bonds is 47. The maximum absolute atomic E-state index is 12.6. The van der Waals surface area contributed by atoms with E-state index in [-0.39, 0.29) is 31.1 Å². The lowest BCUT2D eigenvalue weighted by Crippen LogP contribution is -2.30. The summed E-state index contributed by atoms with van der Waals surface area (Å²) in [5.41, 5.74) is 0. The summed E-state index contributed by atoms with van der Waals surface area (Å²) in [4.78, 5) is 37.4. The molecule has 0 aromatic carbocycles. The SMILES string of the molecule is CCCCCCCCCC/C=C\CCCCCCCCCCCCCCCCCC(=O)OCC(COC(=O)CCCCCCCC)OC(=O)CCCCCCCCC. The summed E-state index contributed by atoms with van der Waals surface area (Å²) in [6, 6.07) is 0. The fraction of sp³-hybridized carbons (Fsp3) is 0.904. The van der Waals surface area contributed by atoms with E-state index >= 15 is 0 Å². The van der Waals surface area contributed by atoms with Crippen LogP contribution in [0.1, 0.15) is 284 Å². The van der Waals surface area contributed by atoms with Crippen molar-refractivity contribution in [1.82, 2.24) is 0 Å². The Bertz CT molecular complexity index is 900. The van der Waals surface area contributed by atoms with Crippen LogP contribution in [0.15, 0.2) is 12.2 Å². The van der Waals surface area contributed by atoms with Crippen molar-refractivity contribution in [3.8, 4) is 0 Å². The maximum atomic E-state index is 12.6. The Kier molecular flexibility index (Phi) is 46.3. The van der Waals surface area contributed by atoms with Crippen LogP contribution in [0.2, 0.25) is 0 Å². The van der Waals surface area contributed by atoms with E-state index in [4.69, 9.17) is 14.2 Å². The molecule has 0 N–H and O–H groups in total. The molecule has 0 spiro atoms. The lowest BCUT2D eigenvalue weighted by molar-refractivity contribution is -0.167. The van der Waals surface area contributed by atoms with Crippen molar-refractivity contribution in [2.24, 2.45) is 0 Å². The molecule has 0 aliphatic rings. The van der Waals surface area contributed by atoms with Crippen molar-refractivity contribution in [2.75, 3.05) is 13.2 Å². The van der Waals surface area contributed by atoms with Gasteiger partial charge in [0.2, 0.25) is 0 Å². The fourth-order valence-electron chi connectivity index (χ4n) is 7.61. The summed E-state index contributed by atoms with van der Waals surface area (Å²) in [7, 11) is 0. The average molecular weight is 819 g/mol. The molecule has 0 aliphatic heterocycles. The zero-order valence-corrected chi connectivity index (χ0v) is 39.1. The van der Waals surface area contributed by atoms with E-state index < -0.39 is 6.10 Å². The molecule has 0 heterocycles. The van der Waals surface area contributed by atoms with E-state index in [1.165, 1.54) is 186 Å². The minimum atomic E-state index is -0.758. The van der Waals surface area contributed by atoms with Crippen LogP contribution in [0.4, 0.5) is 0 Å². The summed E-state index contributed by atoms with van der Waals surface area (Å²) in [5, 5.41) is 0. The Morgan fingerprint density at radius 3 is 0.862 bits per heavy atom. The van der Waals surface area contributed by atoms with Gasteiger partial charge >= 0.3 is 17.9 Å². The first-order chi connectivity index (χ1) is 28.5. The predicted octanol–water partition coefficient (Wildman–Crippen LogP) is 16.6. The minimum Gasteiger partial charge on any atom is -0.462 e. The van der Waals surface area contributed by atoms with Crippen molar-refractivity contribution in [3.63, 3.8) is 0 Å². The fourth-order valence-corrected chi connectivity index (χ4v) is 7.61. The molecule has 0 radical (unpaired) electrons. The third-order valence-electron chi connectivity index (χ3n) is 11.5. The quantitative estimate of drug-likeness (QED) is 0.0263. The Morgan fingerprint density at radius 1 is 0.328 bits per heavy atom. The molecule has 6 heteroatoms. The number of allylic oxidation sites excluding steroid dienone is 2. The Morgan fingerprint density at radius 2 is 0.569 bits per heavy atom. The molecule has 0 saturated heterocycles. The van der Waals surface area contributed by atoms with Gasteiger partial charge in [0.15, 0.2) is 6.10 Å². The number of esters is 3. The van der Waals surface area contributed by atoms with Gasteiger partial charge in [-0.2, -0.15) is 0 Å². The summed E-state index contributed by atoms with van der Waals surface area (Å²) in [6.07, 6.45) is 52.6. The first-order valence-corrected chi connectivity index (χ1v) is 25.7. The van der Waals surface area contributed by atoms with E-state index in [1.54, 1.807) is 0 Å². The minimum absolute atomic E-state index is 0.0663. The van der Waals surface area contributed by atoms with Gasteiger partial charge in [-0.15, -0.1) is 0 Å². The van der Waals surface area contributed by atoms with Crippen molar-refractivity contribution in [2.45, 2.75) is 290 Å². The molecule has 0 aromatic rings. The Labute approximate surface area is 360 Å². The van der Waals surface area contributed by atoms with E-state index in [1.807, 2.05) is 0 Å². The molecule has 0 bridgehead atoms. The van der Waals surface area contributed by atoms with Crippen LogP contribution in [0.3, 0.4) is 0 Å². The Hall–Kier alpha value is -1.85. The smallest absolute Gasteiger partial charge is 0.306 e. The summed E-state index contributed by atoms with van der Waals surface area (Å²) < 4.78 is 16.6. The van der Waals surface area contributed by atoms with Gasteiger partial charge < -0.3 is 14.2 Å². The van der Waals surface area contributed by atoms with Gasteiger partial charge in [0, 0.05) is 19.3 Å². The number of unbranched alkanes of at least 4 members (excludes halogenated alkanes) is 34. The molecule has 58 heavy (non-hydrogen) atoms. The lowest BCUT2D eigenvalue weighted by Gasteiger charge is -2.18. The standard InChI is InChI=1S/C52H98O6/c1-4-7-10-13-16-17-18-19-20-21-22-23-24-25-26-27-28-29-30-31-32-33-34-35-37-39-42-45-51(54)57-48-49(47-56-50(53)44-41-38-15-12-9-6-3)58-52(55)46-43-40-36-14-11-8-5-2/h21-22,49H,4-20,23-48H2,1-3H3/b22-21-. The van der Waals surface area contributed by atoms with Crippen LogP contribution < -0.4 is 0 Å². The monoisotopic (exact) mass is 819 g/mol. The van der Waals surface area contributed by atoms with Gasteiger partial charge in [-0.25, -0.2) is 0 Å². The van der Waals surface area contributed by atoms with Gasteiger partial charge in [-0.1, -0.05) is 232 Å². The average Bonchev–Trinajstić information content (AvgIpc) is 3.22. The highest BCUT2D eigenvalue weighted by Gasteiger charge is 2.19. The molecule has 1 unspecified atom stereocenters. The molecule has 0 aromatic heterocycles. The first-order valence-electron chi connectivity index (χ1n) is 25.7. The Balaban J connectivity index is 3.88. The highest BCUT2D eigenvalue weighted by molar-refractivity contribution is 5.71. The highest BCUT2D eigenvalue weighted by Crippen LogP contribution is 2.16. The van der Waals surface area contributed by atoms with Crippen LogP contribution in [0.5, 0.6) is 0 Å². The lowest BCUT2D eigenvalue weighted by atomic mass is 10.0. The van der Waals surface area contributed by atoms with E-state index in [0.29, 0.717) is 19.3 Å². The van der Waals surface area contributed by atoms with Gasteiger partial charge in [-0.3, -0.25) is 14.4 Å². The summed E-state index contributed by atoms with van der Waals surface area (Å²) in [6.45, 7) is 6.56. The molecule has 1 atom stereocenters. The molecule has 6 nitrogen and oxygen atoms in total. The zero-order valence-electron chi connectivity index (χ0n) is 39.1. The number of hydrogen-bond acceptors (Lipinski definition) is 6. The van der Waals surface area contributed by atoms with Crippen molar-refractivity contribution >= 4 is 17.9 Å². The van der Waals surface area contributed by atoms with Gasteiger partial charge in [0.05, 0.1) is 0 Å². The highest BCUT2D eigenvalue weighted by atomic mass is 16.6. The third kappa shape index (κ3) is 45.2. The zero-order chi connectivity index (χ0) is 42.3. The topological polar surface area (TPSA) is 78.9 Å². The van der Waals surface area contributed by atoms with Gasteiger partial charge in [0.25, 0.3) is 0 Å². The van der Waals surface area contributed by atoms with E-state index in [2.05, 4.69) is 32.9 Å². The summed E-state index contributed by atoms with van der Waals surface area (Å²) in [5.74, 6) is -0.873. The van der Waals surface area contributed by atoms with E-state index in [9.17, 15) is 14.4 Å². The molecule has 342 valence electrons. The first kappa shape index (κ1) is 56.1. The predicted molar refractivity (Wildman–Crippen MR) is 247 cm³/mol. The summed E-state index contributed by atoms with van der Waals surface area (Å²) >= 11 is 0. The second kappa shape index (κ2) is 47.8. The molecular weight excluding hydrogens is 721 g/mol. The number of ether oxygens (including phenoxy) is 3. The molecule has 0 aliphatic carbocycles. The van der Waals surface area contributed by atoms with Crippen LogP contribution in [0, 0.1) is 0 Å². The molecule has 0 rings (SSSR count).